The van der Waals surface area contributed by atoms with E-state index in [1.165, 1.54) is 11.8 Å². The van der Waals surface area contributed by atoms with Crippen LogP contribution in [0.3, 0.4) is 0 Å². The summed E-state index contributed by atoms with van der Waals surface area (Å²) in [6.07, 6.45) is 0. The van der Waals surface area contributed by atoms with Crippen LogP contribution in [-0.2, 0) is 4.79 Å². The molecule has 1 aromatic heterocycles. The van der Waals surface area contributed by atoms with Gasteiger partial charge in [-0.25, -0.2) is 9.78 Å². The number of hydrogen-bond acceptors (Lipinski definition) is 4. The molecular formula is C21H23ClN2O3S. The third kappa shape index (κ3) is 4.62. The zero-order valence-electron chi connectivity index (χ0n) is 16.1. The number of para-hydroxylation sites is 2. The maximum atomic E-state index is 12.1. The largest absolute Gasteiger partial charge is 0.493 e. The van der Waals surface area contributed by atoms with Gasteiger partial charge in [0.2, 0.25) is 0 Å². The lowest BCUT2D eigenvalue weighted by Crippen LogP contribution is -2.32. The first-order valence-electron chi connectivity index (χ1n) is 8.98. The maximum Gasteiger partial charge on any atom is 0.327 e. The van der Waals surface area contributed by atoms with Gasteiger partial charge in [0.15, 0.2) is 5.16 Å². The van der Waals surface area contributed by atoms with E-state index in [-0.39, 0.29) is 0 Å². The third-order valence-corrected chi connectivity index (χ3v) is 5.44. The minimum atomic E-state index is -0.866. The number of aliphatic carboxylic acids is 1. The number of halogens is 1. The van der Waals surface area contributed by atoms with E-state index in [2.05, 4.69) is 4.98 Å². The number of carboxylic acid groups (broad SMARTS) is 1. The standard InChI is InChI=1S/C21H23ClN2O3S/c1-21(2,3)18(19(25)26)24-17-7-5-4-6-16(17)23-20(24)28-13-12-27-15-10-8-14(22)9-11-15/h4-11,18H,12-13H2,1-3H3,(H,25,26). The molecule has 0 fully saturated rings. The first-order valence-corrected chi connectivity index (χ1v) is 10.3. The molecule has 0 bridgehead atoms. The average molecular weight is 419 g/mol. The molecule has 0 spiro atoms. The molecule has 0 aliphatic carbocycles. The molecule has 0 saturated carbocycles. The second kappa shape index (κ2) is 8.45. The fourth-order valence-electron chi connectivity index (χ4n) is 3.07. The van der Waals surface area contributed by atoms with E-state index in [9.17, 15) is 9.90 Å². The van der Waals surface area contributed by atoms with Crippen molar-refractivity contribution in [2.24, 2.45) is 5.41 Å². The summed E-state index contributed by atoms with van der Waals surface area (Å²) < 4.78 is 7.58. The SMILES string of the molecule is CC(C)(C)C(C(=O)O)n1c(SCCOc2ccc(Cl)cc2)nc2ccccc21. The van der Waals surface area contributed by atoms with Crippen molar-refractivity contribution in [2.45, 2.75) is 32.0 Å². The molecule has 3 rings (SSSR count). The Morgan fingerprint density at radius 2 is 1.89 bits per heavy atom. The molecule has 28 heavy (non-hydrogen) atoms. The number of imidazole rings is 1. The fraction of sp³-hybridized carbons (Fsp3) is 0.333. The molecule has 0 aliphatic rings. The zero-order valence-corrected chi connectivity index (χ0v) is 17.6. The van der Waals surface area contributed by atoms with Crippen LogP contribution in [0.5, 0.6) is 5.75 Å². The quantitative estimate of drug-likeness (QED) is 0.403. The number of fused-ring (bicyclic) bond motifs is 1. The predicted molar refractivity (Wildman–Crippen MR) is 114 cm³/mol. The molecule has 2 aromatic carbocycles. The van der Waals surface area contributed by atoms with Gasteiger partial charge >= 0.3 is 5.97 Å². The lowest BCUT2D eigenvalue weighted by molar-refractivity contribution is -0.144. The molecule has 1 heterocycles. The van der Waals surface area contributed by atoms with Crippen LogP contribution in [0.2, 0.25) is 5.02 Å². The summed E-state index contributed by atoms with van der Waals surface area (Å²) >= 11 is 7.38. The van der Waals surface area contributed by atoms with Crippen molar-refractivity contribution in [1.29, 1.82) is 0 Å². The number of hydrogen-bond donors (Lipinski definition) is 1. The van der Waals surface area contributed by atoms with Gasteiger partial charge in [-0.15, -0.1) is 0 Å². The number of benzene rings is 2. The van der Waals surface area contributed by atoms with E-state index < -0.39 is 17.4 Å². The van der Waals surface area contributed by atoms with Crippen molar-refractivity contribution in [3.05, 3.63) is 53.6 Å². The molecule has 0 radical (unpaired) electrons. The number of aromatic nitrogens is 2. The molecule has 0 aliphatic heterocycles. The van der Waals surface area contributed by atoms with Gasteiger partial charge in [0.25, 0.3) is 0 Å². The van der Waals surface area contributed by atoms with Crippen LogP contribution in [-0.4, -0.2) is 33.0 Å². The first kappa shape index (κ1) is 20.6. The van der Waals surface area contributed by atoms with E-state index in [0.717, 1.165) is 16.8 Å². The molecule has 3 aromatic rings. The Morgan fingerprint density at radius 1 is 1.21 bits per heavy atom. The van der Waals surface area contributed by atoms with Gasteiger partial charge in [0, 0.05) is 10.8 Å². The van der Waals surface area contributed by atoms with Crippen LogP contribution in [0, 0.1) is 5.41 Å². The number of rotatable bonds is 7. The third-order valence-electron chi connectivity index (χ3n) is 4.27. The first-order chi connectivity index (χ1) is 13.3. The lowest BCUT2D eigenvalue weighted by Gasteiger charge is -2.29. The summed E-state index contributed by atoms with van der Waals surface area (Å²) in [5, 5.41) is 11.3. The van der Waals surface area contributed by atoms with Crippen LogP contribution < -0.4 is 4.74 Å². The molecule has 1 unspecified atom stereocenters. The predicted octanol–water partition coefficient (Wildman–Crippen LogP) is 5.53. The van der Waals surface area contributed by atoms with Gasteiger partial charge in [0.1, 0.15) is 11.8 Å². The molecule has 1 N–H and O–H groups in total. The molecule has 0 amide bonds. The van der Waals surface area contributed by atoms with Crippen molar-refractivity contribution >= 4 is 40.4 Å². The summed E-state index contributed by atoms with van der Waals surface area (Å²) in [6, 6.07) is 14.1. The highest BCUT2D eigenvalue weighted by molar-refractivity contribution is 7.99. The number of ether oxygens (including phenoxy) is 1. The Kier molecular flexibility index (Phi) is 6.20. The number of nitrogens with zero attached hydrogens (tertiary/aromatic N) is 2. The highest BCUT2D eigenvalue weighted by Crippen LogP contribution is 2.37. The Bertz CT molecular complexity index is 964. The summed E-state index contributed by atoms with van der Waals surface area (Å²) in [5.74, 6) is 0.522. The van der Waals surface area contributed by atoms with Gasteiger partial charge in [-0.2, -0.15) is 0 Å². The Labute approximate surface area is 173 Å². The molecule has 5 nitrogen and oxygen atoms in total. The summed E-state index contributed by atoms with van der Waals surface area (Å²) in [4.78, 5) is 16.8. The van der Waals surface area contributed by atoms with E-state index >= 15 is 0 Å². The number of thioether (sulfide) groups is 1. The highest BCUT2D eigenvalue weighted by atomic mass is 35.5. The van der Waals surface area contributed by atoms with Crippen molar-refractivity contribution in [1.82, 2.24) is 9.55 Å². The number of carbonyl (C=O) groups is 1. The molecule has 148 valence electrons. The van der Waals surface area contributed by atoms with E-state index in [4.69, 9.17) is 16.3 Å². The number of carboxylic acids is 1. The normalized spacial score (nSPS) is 12.9. The van der Waals surface area contributed by atoms with E-state index in [0.29, 0.717) is 22.5 Å². The summed E-state index contributed by atoms with van der Waals surface area (Å²) in [5.41, 5.74) is 1.15. The van der Waals surface area contributed by atoms with Gasteiger partial charge in [-0.05, 0) is 41.8 Å². The molecule has 1 atom stereocenters. The van der Waals surface area contributed by atoms with Gasteiger partial charge in [-0.3, -0.25) is 0 Å². The smallest absolute Gasteiger partial charge is 0.327 e. The fourth-order valence-corrected chi connectivity index (χ4v) is 4.05. The van der Waals surface area contributed by atoms with Crippen molar-refractivity contribution < 1.29 is 14.6 Å². The van der Waals surface area contributed by atoms with Crippen LogP contribution in [0.4, 0.5) is 0 Å². The van der Waals surface area contributed by atoms with Gasteiger partial charge < -0.3 is 14.4 Å². The van der Waals surface area contributed by atoms with Crippen molar-refractivity contribution in [3.63, 3.8) is 0 Å². The molecule has 7 heteroatoms. The lowest BCUT2D eigenvalue weighted by atomic mass is 9.86. The Balaban J connectivity index is 1.82. The minimum absolute atomic E-state index is 0.468. The molecular weight excluding hydrogens is 396 g/mol. The topological polar surface area (TPSA) is 64.3 Å². The Hall–Kier alpha value is -2.18. The highest BCUT2D eigenvalue weighted by Gasteiger charge is 2.35. The second-order valence-electron chi connectivity index (χ2n) is 7.51. The summed E-state index contributed by atoms with van der Waals surface area (Å²) in [7, 11) is 0. The second-order valence-corrected chi connectivity index (χ2v) is 9.01. The monoisotopic (exact) mass is 418 g/mol. The van der Waals surface area contributed by atoms with Gasteiger partial charge in [0.05, 0.1) is 17.6 Å². The van der Waals surface area contributed by atoms with Crippen molar-refractivity contribution in [2.75, 3.05) is 12.4 Å². The Morgan fingerprint density at radius 3 is 2.54 bits per heavy atom. The van der Waals surface area contributed by atoms with Crippen LogP contribution in [0.25, 0.3) is 11.0 Å². The van der Waals surface area contributed by atoms with Crippen molar-refractivity contribution in [3.8, 4) is 5.75 Å². The zero-order chi connectivity index (χ0) is 20.3. The molecule has 0 saturated heterocycles. The summed E-state index contributed by atoms with van der Waals surface area (Å²) in [6.45, 7) is 6.26. The van der Waals surface area contributed by atoms with E-state index in [1.807, 2.05) is 61.7 Å². The average Bonchev–Trinajstić information content (AvgIpc) is 2.97. The van der Waals surface area contributed by atoms with Crippen LogP contribution >= 0.6 is 23.4 Å². The van der Waals surface area contributed by atoms with Crippen LogP contribution in [0.1, 0.15) is 26.8 Å². The maximum absolute atomic E-state index is 12.1. The minimum Gasteiger partial charge on any atom is -0.493 e. The van der Waals surface area contributed by atoms with E-state index in [1.54, 1.807) is 12.1 Å². The van der Waals surface area contributed by atoms with Crippen LogP contribution in [0.15, 0.2) is 53.7 Å². The van der Waals surface area contributed by atoms with Gasteiger partial charge in [-0.1, -0.05) is 56.3 Å².